The molecule has 1 aromatic heterocycles. The molecule has 0 bridgehead atoms. The first-order valence-electron chi connectivity index (χ1n) is 10.0. The smallest absolute Gasteiger partial charge is 0.279 e. The van der Waals surface area contributed by atoms with Gasteiger partial charge in [0, 0.05) is 12.1 Å². The van der Waals surface area contributed by atoms with Crippen molar-refractivity contribution < 1.29 is 21.3 Å². The molecule has 32 heavy (non-hydrogen) atoms. The summed E-state index contributed by atoms with van der Waals surface area (Å²) in [6.07, 6.45) is 1.77. The normalized spacial score (nSPS) is 16.8. The van der Waals surface area contributed by atoms with Gasteiger partial charge in [-0.15, -0.1) is 0 Å². The predicted octanol–water partition coefficient (Wildman–Crippen LogP) is 3.89. The summed E-state index contributed by atoms with van der Waals surface area (Å²) in [7, 11) is -7.38. The number of sulfonamides is 2. The van der Waals surface area contributed by atoms with E-state index in [1.165, 1.54) is 6.26 Å². The van der Waals surface area contributed by atoms with Gasteiger partial charge < -0.3 is 4.42 Å². The fourth-order valence-corrected chi connectivity index (χ4v) is 5.46. The first kappa shape index (κ1) is 22.1. The van der Waals surface area contributed by atoms with Crippen molar-refractivity contribution in [1.82, 2.24) is 4.41 Å². The van der Waals surface area contributed by atoms with Crippen molar-refractivity contribution in [2.45, 2.75) is 31.2 Å². The maximum Gasteiger partial charge on any atom is 0.279 e. The molecule has 1 atom stereocenters. The second kappa shape index (κ2) is 8.44. The minimum atomic E-state index is -3.94. The van der Waals surface area contributed by atoms with E-state index in [-0.39, 0.29) is 17.1 Å². The molecule has 0 aliphatic carbocycles. The van der Waals surface area contributed by atoms with Crippen LogP contribution < -0.4 is 4.72 Å². The summed E-state index contributed by atoms with van der Waals surface area (Å²) in [5, 5.41) is 4.45. The Morgan fingerprint density at radius 3 is 2.47 bits per heavy atom. The van der Waals surface area contributed by atoms with Crippen molar-refractivity contribution in [3.8, 4) is 0 Å². The molecule has 168 valence electrons. The van der Waals surface area contributed by atoms with Crippen LogP contribution in [0.3, 0.4) is 0 Å². The fraction of sp³-hybridized carbons (Fsp3) is 0.227. The molecule has 0 radical (unpaired) electrons. The van der Waals surface area contributed by atoms with Gasteiger partial charge in [-0.2, -0.15) is 17.9 Å². The Bertz CT molecular complexity index is 1350. The maximum atomic E-state index is 13.4. The average molecular weight is 474 g/mol. The number of rotatable bonds is 7. The minimum absolute atomic E-state index is 0.0543. The Kier molecular flexibility index (Phi) is 5.83. The number of furan rings is 1. The molecule has 0 saturated heterocycles. The number of hydrogen-bond acceptors (Lipinski definition) is 6. The number of nitrogens with one attached hydrogen (secondary N) is 1. The highest BCUT2D eigenvalue weighted by Gasteiger charge is 2.39. The molecule has 0 amide bonds. The zero-order valence-corrected chi connectivity index (χ0v) is 19.2. The van der Waals surface area contributed by atoms with Crippen LogP contribution >= 0.6 is 0 Å². The van der Waals surface area contributed by atoms with E-state index in [1.54, 1.807) is 67.6 Å². The highest BCUT2D eigenvalue weighted by Crippen LogP contribution is 2.37. The van der Waals surface area contributed by atoms with Crippen molar-refractivity contribution in [3.63, 3.8) is 0 Å². The summed E-state index contributed by atoms with van der Waals surface area (Å²) in [5.74, 6) is 0.420. The number of hydrazone groups is 1. The summed E-state index contributed by atoms with van der Waals surface area (Å²) in [6.45, 7) is 3.43. The summed E-state index contributed by atoms with van der Waals surface area (Å²) < 4.78 is 59.8. The Morgan fingerprint density at radius 1 is 1.06 bits per heavy atom. The van der Waals surface area contributed by atoms with Gasteiger partial charge in [0.2, 0.25) is 10.0 Å². The lowest BCUT2D eigenvalue weighted by molar-refractivity contribution is 0.320. The third-order valence-electron chi connectivity index (χ3n) is 5.16. The SMILES string of the molecule is CCS(=O)(=O)Nc1cccc(C2=NN(S(=O)(=O)c3ccc(C)cc3)[C@H](c3ccco3)C2)c1. The molecule has 0 fully saturated rings. The number of nitrogens with zero attached hydrogens (tertiary/aromatic N) is 2. The van der Waals surface area contributed by atoms with Gasteiger partial charge >= 0.3 is 0 Å². The van der Waals surface area contributed by atoms with Crippen LogP contribution in [0.25, 0.3) is 0 Å². The predicted molar refractivity (Wildman–Crippen MR) is 122 cm³/mol. The summed E-state index contributed by atoms with van der Waals surface area (Å²) in [4.78, 5) is 0.133. The Balaban J connectivity index is 1.74. The van der Waals surface area contributed by atoms with Crippen molar-refractivity contribution in [3.05, 3.63) is 83.8 Å². The molecule has 2 aromatic carbocycles. The van der Waals surface area contributed by atoms with Gasteiger partial charge in [0.05, 0.1) is 22.6 Å². The second-order valence-electron chi connectivity index (χ2n) is 7.46. The number of anilines is 1. The van der Waals surface area contributed by atoms with E-state index in [0.717, 1.165) is 9.98 Å². The second-order valence-corrected chi connectivity index (χ2v) is 11.3. The first-order valence-corrected chi connectivity index (χ1v) is 13.1. The van der Waals surface area contributed by atoms with Gasteiger partial charge in [-0.05, 0) is 55.8 Å². The lowest BCUT2D eigenvalue weighted by Gasteiger charge is -2.21. The molecule has 0 spiro atoms. The molecule has 1 N–H and O–H groups in total. The number of hydrogen-bond donors (Lipinski definition) is 1. The van der Waals surface area contributed by atoms with Crippen molar-refractivity contribution in [2.24, 2.45) is 5.10 Å². The lowest BCUT2D eigenvalue weighted by Crippen LogP contribution is -2.27. The zero-order valence-electron chi connectivity index (χ0n) is 17.6. The Morgan fingerprint density at radius 2 is 1.81 bits per heavy atom. The number of benzene rings is 2. The molecule has 10 heteroatoms. The van der Waals surface area contributed by atoms with Crippen molar-refractivity contribution in [1.29, 1.82) is 0 Å². The average Bonchev–Trinajstić information content (AvgIpc) is 3.44. The molecular weight excluding hydrogens is 450 g/mol. The molecule has 0 unspecified atom stereocenters. The van der Waals surface area contributed by atoms with E-state index in [1.807, 2.05) is 6.92 Å². The highest BCUT2D eigenvalue weighted by atomic mass is 32.2. The molecule has 1 aliphatic heterocycles. The molecular formula is C22H23N3O5S2. The number of aryl methyl sites for hydroxylation is 1. The lowest BCUT2D eigenvalue weighted by atomic mass is 10.0. The van der Waals surface area contributed by atoms with Crippen LogP contribution in [0.1, 0.15) is 36.3 Å². The van der Waals surface area contributed by atoms with Gasteiger partial charge in [-0.1, -0.05) is 29.8 Å². The Labute approximate surface area is 187 Å². The van der Waals surface area contributed by atoms with E-state index < -0.39 is 26.1 Å². The van der Waals surface area contributed by atoms with Crippen molar-refractivity contribution >= 4 is 31.4 Å². The molecule has 1 aliphatic rings. The molecule has 4 rings (SSSR count). The zero-order chi connectivity index (χ0) is 22.9. The van der Waals surface area contributed by atoms with E-state index in [4.69, 9.17) is 4.42 Å². The van der Waals surface area contributed by atoms with Crippen LogP contribution in [0, 0.1) is 6.92 Å². The third-order valence-corrected chi connectivity index (χ3v) is 8.16. The van der Waals surface area contributed by atoms with Crippen LogP contribution in [0.4, 0.5) is 5.69 Å². The van der Waals surface area contributed by atoms with Crippen LogP contribution in [-0.4, -0.2) is 32.7 Å². The van der Waals surface area contributed by atoms with Gasteiger partial charge in [-0.3, -0.25) is 4.72 Å². The highest BCUT2D eigenvalue weighted by molar-refractivity contribution is 7.92. The summed E-state index contributed by atoms with van der Waals surface area (Å²) >= 11 is 0. The molecule has 8 nitrogen and oxygen atoms in total. The van der Waals surface area contributed by atoms with E-state index >= 15 is 0 Å². The van der Waals surface area contributed by atoms with Crippen LogP contribution in [0.5, 0.6) is 0 Å². The van der Waals surface area contributed by atoms with Gasteiger partial charge in [0.15, 0.2) is 0 Å². The van der Waals surface area contributed by atoms with Gasteiger partial charge in [0.1, 0.15) is 11.8 Å². The fourth-order valence-electron chi connectivity index (χ4n) is 3.41. The summed E-state index contributed by atoms with van der Waals surface area (Å²) in [6, 6.07) is 16.1. The topological polar surface area (TPSA) is 109 Å². The van der Waals surface area contributed by atoms with E-state index in [0.29, 0.717) is 22.7 Å². The standard InChI is InChI=1S/C22H23N3O5S2/c1-3-31(26,27)24-18-7-4-6-17(14-18)20-15-21(22-8-5-13-30-22)25(23-20)32(28,29)19-11-9-16(2)10-12-19/h4-14,21,24H,3,15H2,1-2H3/t21-/m0/s1. The van der Waals surface area contributed by atoms with Crippen LogP contribution in [0.15, 0.2) is 81.3 Å². The van der Waals surface area contributed by atoms with Gasteiger partial charge in [-0.25, -0.2) is 8.42 Å². The van der Waals surface area contributed by atoms with Crippen LogP contribution in [-0.2, 0) is 20.0 Å². The largest absolute Gasteiger partial charge is 0.467 e. The minimum Gasteiger partial charge on any atom is -0.467 e. The van der Waals surface area contributed by atoms with E-state index in [9.17, 15) is 16.8 Å². The van der Waals surface area contributed by atoms with Crippen LogP contribution in [0.2, 0.25) is 0 Å². The van der Waals surface area contributed by atoms with E-state index in [2.05, 4.69) is 9.82 Å². The van der Waals surface area contributed by atoms with Crippen molar-refractivity contribution in [2.75, 3.05) is 10.5 Å². The molecule has 2 heterocycles. The quantitative estimate of drug-likeness (QED) is 0.560. The monoisotopic (exact) mass is 473 g/mol. The Hall–Kier alpha value is -3.11. The maximum absolute atomic E-state index is 13.4. The molecule has 3 aromatic rings. The summed E-state index contributed by atoms with van der Waals surface area (Å²) in [5.41, 5.74) is 2.48. The third kappa shape index (κ3) is 4.42. The molecule has 0 saturated carbocycles. The van der Waals surface area contributed by atoms with Gasteiger partial charge in [0.25, 0.3) is 10.0 Å². The first-order chi connectivity index (χ1) is 15.2.